The first-order chi connectivity index (χ1) is 21.0. The molecule has 0 unspecified atom stereocenters. The zero-order chi connectivity index (χ0) is 30.0. The molecule has 1 aliphatic heterocycles. The molecule has 10 heteroatoms. The van der Waals surface area contributed by atoms with Gasteiger partial charge < -0.3 is 25.0 Å². The number of aliphatic carboxylic acids is 1. The summed E-state index contributed by atoms with van der Waals surface area (Å²) < 4.78 is 15.1. The van der Waals surface area contributed by atoms with E-state index in [0.717, 1.165) is 44.3 Å². The molecule has 43 heavy (non-hydrogen) atoms. The second kappa shape index (κ2) is 15.4. The van der Waals surface area contributed by atoms with Gasteiger partial charge >= 0.3 is 5.97 Å². The highest BCUT2D eigenvalue weighted by Gasteiger charge is 2.32. The Kier molecular flexibility index (Phi) is 11.2. The van der Waals surface area contributed by atoms with Crippen molar-refractivity contribution in [3.63, 3.8) is 0 Å². The molecule has 0 radical (unpaired) electrons. The lowest BCUT2D eigenvalue weighted by Gasteiger charge is -2.36. The third-order valence-electron chi connectivity index (χ3n) is 7.32. The molecule has 5 rings (SSSR count). The van der Waals surface area contributed by atoms with Gasteiger partial charge in [-0.15, -0.1) is 11.3 Å². The van der Waals surface area contributed by atoms with Crippen molar-refractivity contribution in [2.75, 3.05) is 5.75 Å². The van der Waals surface area contributed by atoms with E-state index in [1.165, 1.54) is 4.70 Å². The van der Waals surface area contributed by atoms with Gasteiger partial charge in [-0.05, 0) is 41.7 Å². The summed E-state index contributed by atoms with van der Waals surface area (Å²) in [6.45, 7) is 0.417. The highest BCUT2D eigenvalue weighted by Crippen LogP contribution is 2.40. The zero-order valence-corrected chi connectivity index (χ0v) is 25.4. The Labute approximate surface area is 259 Å². The second-order valence-electron chi connectivity index (χ2n) is 10.6. The molecule has 2 heterocycles. The second-order valence-corrected chi connectivity index (χ2v) is 12.9. The fourth-order valence-corrected chi connectivity index (χ4v) is 7.03. The maximum Gasteiger partial charge on any atom is 0.303 e. The van der Waals surface area contributed by atoms with Gasteiger partial charge in [-0.25, -0.2) is 4.98 Å². The number of carboxylic acids is 1. The summed E-state index contributed by atoms with van der Waals surface area (Å²) in [5, 5.41) is 21.1. The number of aliphatic hydroxyl groups is 1. The van der Waals surface area contributed by atoms with Gasteiger partial charge in [-0.2, -0.15) is 0 Å². The monoisotopic (exact) mass is 620 g/mol. The van der Waals surface area contributed by atoms with Gasteiger partial charge in [-0.1, -0.05) is 78.8 Å². The molecular weight excluding hydrogens is 585 g/mol. The largest absolute Gasteiger partial charge is 0.481 e. The van der Waals surface area contributed by atoms with Crippen LogP contribution in [0.5, 0.6) is 0 Å². The number of nitrogens with one attached hydrogen (secondary N) is 1. The van der Waals surface area contributed by atoms with Gasteiger partial charge in [-0.3, -0.25) is 9.59 Å². The average Bonchev–Trinajstić information content (AvgIpc) is 3.46. The molecule has 1 saturated heterocycles. The number of thiazole rings is 1. The van der Waals surface area contributed by atoms with Crippen molar-refractivity contribution >= 4 is 45.2 Å². The van der Waals surface area contributed by atoms with Crippen LogP contribution in [-0.2, 0) is 32.2 Å². The van der Waals surface area contributed by atoms with Crippen molar-refractivity contribution in [3.05, 3.63) is 95.1 Å². The smallest absolute Gasteiger partial charge is 0.303 e. The molecule has 1 fully saturated rings. The average molecular weight is 621 g/mol. The Bertz CT molecular complexity index is 1460. The number of rotatable bonds is 14. The standard InChI is InChI=1S/C33H36N2O6S2/c36-20-23-12-14-24(15-13-23)28-18-26(21-42-33-35-27-6-4-5-7-29(27)43-33)40-32(41-28)25-16-10-22(11-17-25)19-34-30(37)8-2-1-3-9-31(38)39/h4-7,10-17,26,28,32,36H,1-3,8-9,18-21H2,(H,34,37)(H,38,39)/t26-,28+,32+/m0/s1. The van der Waals surface area contributed by atoms with Crippen LogP contribution in [0.4, 0.5) is 0 Å². The predicted molar refractivity (Wildman–Crippen MR) is 168 cm³/mol. The lowest BCUT2D eigenvalue weighted by atomic mass is 10.0. The number of fused-ring (bicyclic) bond motifs is 1. The van der Waals surface area contributed by atoms with Crippen LogP contribution in [0.25, 0.3) is 10.2 Å². The minimum Gasteiger partial charge on any atom is -0.481 e. The molecule has 1 aliphatic rings. The highest BCUT2D eigenvalue weighted by molar-refractivity contribution is 8.01. The number of aliphatic hydroxyl groups excluding tert-OH is 1. The van der Waals surface area contributed by atoms with Gasteiger partial charge in [0.25, 0.3) is 0 Å². The molecule has 1 aromatic heterocycles. The Morgan fingerprint density at radius 1 is 0.907 bits per heavy atom. The van der Waals surface area contributed by atoms with Crippen molar-refractivity contribution < 1.29 is 29.3 Å². The SMILES string of the molecule is O=C(O)CCCCCC(=O)NCc1ccc([C@@H]2O[C@H](CSc3nc4ccccc4s3)C[C@H](c3ccc(CO)cc3)O2)cc1. The maximum absolute atomic E-state index is 12.2. The number of carboxylic acid groups (broad SMARTS) is 1. The van der Waals surface area contributed by atoms with Gasteiger partial charge in [0, 0.05) is 37.1 Å². The van der Waals surface area contributed by atoms with Crippen molar-refractivity contribution in [1.29, 1.82) is 0 Å². The number of unbranched alkanes of at least 4 members (excludes halogenated alkanes) is 2. The van der Waals surface area contributed by atoms with E-state index in [-0.39, 0.29) is 31.1 Å². The van der Waals surface area contributed by atoms with E-state index >= 15 is 0 Å². The summed E-state index contributed by atoms with van der Waals surface area (Å²) in [7, 11) is 0. The quantitative estimate of drug-likeness (QED) is 0.104. The number of para-hydroxylation sites is 1. The molecule has 0 bridgehead atoms. The van der Waals surface area contributed by atoms with E-state index in [1.54, 1.807) is 23.1 Å². The van der Waals surface area contributed by atoms with Crippen LogP contribution in [0.1, 0.15) is 73.2 Å². The molecule has 1 amide bonds. The Morgan fingerprint density at radius 3 is 2.37 bits per heavy atom. The molecule has 3 aromatic carbocycles. The molecule has 0 aliphatic carbocycles. The summed E-state index contributed by atoms with van der Waals surface area (Å²) in [4.78, 5) is 27.6. The van der Waals surface area contributed by atoms with Crippen LogP contribution in [0.2, 0.25) is 0 Å². The normalized spacial score (nSPS) is 18.5. The number of ether oxygens (including phenoxy) is 2. The van der Waals surface area contributed by atoms with Gasteiger partial charge in [0.05, 0.1) is 29.0 Å². The molecule has 226 valence electrons. The number of carbonyl (C=O) groups is 2. The molecule has 8 nitrogen and oxygen atoms in total. The molecule has 3 atom stereocenters. The topological polar surface area (TPSA) is 118 Å². The third kappa shape index (κ3) is 9.11. The Hall–Kier alpha value is -3.28. The maximum atomic E-state index is 12.2. The first-order valence-corrected chi connectivity index (χ1v) is 16.3. The first kappa shape index (κ1) is 31.2. The van der Waals surface area contributed by atoms with Gasteiger partial charge in [0.15, 0.2) is 10.6 Å². The fourth-order valence-electron chi connectivity index (χ4n) is 4.92. The van der Waals surface area contributed by atoms with Crippen LogP contribution in [0.3, 0.4) is 0 Å². The number of carbonyl (C=O) groups excluding carboxylic acids is 1. The molecule has 0 spiro atoms. The number of thioether (sulfide) groups is 1. The number of hydrogen-bond acceptors (Lipinski definition) is 8. The number of aromatic nitrogens is 1. The molecular formula is C33H36N2O6S2. The zero-order valence-electron chi connectivity index (χ0n) is 23.8. The first-order valence-electron chi connectivity index (χ1n) is 14.5. The van der Waals surface area contributed by atoms with Crippen LogP contribution in [0, 0.1) is 0 Å². The van der Waals surface area contributed by atoms with Crippen LogP contribution in [0.15, 0.2) is 77.1 Å². The van der Waals surface area contributed by atoms with Crippen molar-refractivity contribution in [2.45, 2.75) is 74.5 Å². The number of nitrogens with zero attached hydrogens (tertiary/aromatic N) is 1. The molecule has 4 aromatic rings. The summed E-state index contributed by atoms with van der Waals surface area (Å²) >= 11 is 3.39. The van der Waals surface area contributed by atoms with Crippen LogP contribution in [-0.4, -0.2) is 38.9 Å². The van der Waals surface area contributed by atoms with Crippen LogP contribution >= 0.6 is 23.1 Å². The number of hydrogen-bond donors (Lipinski definition) is 3. The van der Waals surface area contributed by atoms with E-state index in [4.69, 9.17) is 19.6 Å². The van der Waals surface area contributed by atoms with Gasteiger partial charge in [0.2, 0.25) is 5.91 Å². The van der Waals surface area contributed by atoms with E-state index in [0.29, 0.717) is 32.2 Å². The summed E-state index contributed by atoms with van der Waals surface area (Å²) in [6, 6.07) is 23.9. The van der Waals surface area contributed by atoms with Crippen molar-refractivity contribution in [1.82, 2.24) is 10.3 Å². The lowest BCUT2D eigenvalue weighted by Crippen LogP contribution is -2.31. The minimum absolute atomic E-state index is 0.00142. The number of benzene rings is 3. The lowest BCUT2D eigenvalue weighted by molar-refractivity contribution is -0.245. The highest BCUT2D eigenvalue weighted by atomic mass is 32.2. The summed E-state index contributed by atoms with van der Waals surface area (Å²) in [5.41, 5.74) is 4.78. The molecule has 3 N–H and O–H groups in total. The van der Waals surface area contributed by atoms with E-state index in [1.807, 2.05) is 66.7 Å². The van der Waals surface area contributed by atoms with Gasteiger partial charge in [0.1, 0.15) is 0 Å². The minimum atomic E-state index is -0.803. The Morgan fingerprint density at radius 2 is 1.63 bits per heavy atom. The van der Waals surface area contributed by atoms with Crippen molar-refractivity contribution in [3.8, 4) is 0 Å². The van der Waals surface area contributed by atoms with E-state index in [2.05, 4.69) is 11.4 Å². The molecule has 0 saturated carbocycles. The van der Waals surface area contributed by atoms with E-state index < -0.39 is 12.3 Å². The fraction of sp³-hybridized carbons (Fsp3) is 0.364. The third-order valence-corrected chi connectivity index (χ3v) is 9.63. The summed E-state index contributed by atoms with van der Waals surface area (Å²) in [5.74, 6) is -0.101. The summed E-state index contributed by atoms with van der Waals surface area (Å²) in [6.07, 6.45) is 2.44. The van der Waals surface area contributed by atoms with Crippen LogP contribution < -0.4 is 5.32 Å². The number of amides is 1. The Balaban J connectivity index is 1.20. The van der Waals surface area contributed by atoms with E-state index in [9.17, 15) is 14.7 Å². The van der Waals surface area contributed by atoms with Crippen molar-refractivity contribution in [2.24, 2.45) is 0 Å². The predicted octanol–water partition coefficient (Wildman–Crippen LogP) is 6.78.